The largest absolute Gasteiger partial charge is 0.397 e. The molecule has 0 aliphatic rings. The lowest BCUT2D eigenvalue weighted by molar-refractivity contribution is 0.735. The summed E-state index contributed by atoms with van der Waals surface area (Å²) >= 11 is 0. The number of anilines is 2. The number of amidine groups is 1. The summed E-state index contributed by atoms with van der Waals surface area (Å²) in [4.78, 5) is 22.5. The number of aliphatic imine (C=N–C) groups is 1. The fourth-order valence-corrected chi connectivity index (χ4v) is 3.71. The molecule has 31 heavy (non-hydrogen) atoms. The number of nitrogen functional groups attached to an aromatic ring is 1. The van der Waals surface area contributed by atoms with Crippen molar-refractivity contribution in [2.45, 2.75) is 13.0 Å². The van der Waals surface area contributed by atoms with Crippen LogP contribution in [0.3, 0.4) is 0 Å². The number of para-hydroxylation sites is 1. The first-order chi connectivity index (χ1) is 15.0. The van der Waals surface area contributed by atoms with Crippen LogP contribution in [0.4, 0.5) is 11.4 Å². The molecule has 0 amide bonds. The molecule has 0 aliphatic heterocycles. The molecule has 4 aromatic rings. The van der Waals surface area contributed by atoms with Crippen LogP contribution >= 0.6 is 0 Å². The number of nitrogens with one attached hydrogen (secondary N) is 1. The average Bonchev–Trinajstić information content (AvgIpc) is 2.79. The Morgan fingerprint density at radius 3 is 2.58 bits per heavy atom. The molecule has 2 heterocycles. The predicted molar refractivity (Wildman–Crippen MR) is 127 cm³/mol. The Balaban J connectivity index is 1.96. The third-order valence-corrected chi connectivity index (χ3v) is 5.20. The van der Waals surface area contributed by atoms with Crippen LogP contribution in [-0.2, 0) is 0 Å². The number of fused-ring (bicyclic) bond motifs is 1. The van der Waals surface area contributed by atoms with E-state index in [2.05, 4.69) is 15.3 Å². The van der Waals surface area contributed by atoms with E-state index in [1.807, 2.05) is 61.5 Å². The maximum Gasteiger partial charge on any atom is 0.265 e. The molecular formula is C24H24N6O. The number of aromatic nitrogens is 2. The van der Waals surface area contributed by atoms with E-state index in [9.17, 15) is 4.79 Å². The third-order valence-electron chi connectivity index (χ3n) is 5.20. The summed E-state index contributed by atoms with van der Waals surface area (Å²) < 4.78 is 1.69. The number of rotatable bonds is 5. The standard InChI is InChI=1S/C24H24N6O/c1-15(29-23(26)22-18(25)11-7-13-28-22)20-14-16-8-6-12-19(27-2)21(16)24(31)30(20)17-9-4-3-5-10-17/h3-15,27H,25H2,1-2H3,(H2,26,29). The molecule has 0 fully saturated rings. The first-order valence-corrected chi connectivity index (χ1v) is 9.97. The highest BCUT2D eigenvalue weighted by atomic mass is 16.1. The Bertz CT molecular complexity index is 1330. The van der Waals surface area contributed by atoms with Gasteiger partial charge in [0.1, 0.15) is 11.5 Å². The maximum atomic E-state index is 13.7. The molecule has 7 nitrogen and oxygen atoms in total. The number of nitrogens with zero attached hydrogens (tertiary/aromatic N) is 3. The molecule has 2 aromatic carbocycles. The Morgan fingerprint density at radius 2 is 1.87 bits per heavy atom. The van der Waals surface area contributed by atoms with Gasteiger partial charge in [-0.3, -0.25) is 19.3 Å². The molecule has 4 rings (SSSR count). The van der Waals surface area contributed by atoms with Gasteiger partial charge in [-0.15, -0.1) is 0 Å². The molecule has 0 spiro atoms. The van der Waals surface area contributed by atoms with Crippen molar-refractivity contribution >= 4 is 28.0 Å². The summed E-state index contributed by atoms with van der Waals surface area (Å²) in [7, 11) is 1.81. The van der Waals surface area contributed by atoms with E-state index >= 15 is 0 Å². The van der Waals surface area contributed by atoms with Crippen LogP contribution in [-0.4, -0.2) is 22.4 Å². The van der Waals surface area contributed by atoms with Gasteiger partial charge in [0.2, 0.25) is 0 Å². The molecule has 156 valence electrons. The van der Waals surface area contributed by atoms with Crippen LogP contribution < -0.4 is 22.3 Å². The highest BCUT2D eigenvalue weighted by molar-refractivity contribution is 6.00. The van der Waals surface area contributed by atoms with Gasteiger partial charge in [0.15, 0.2) is 0 Å². The smallest absolute Gasteiger partial charge is 0.265 e. The molecule has 0 saturated heterocycles. The fourth-order valence-electron chi connectivity index (χ4n) is 3.71. The zero-order valence-corrected chi connectivity index (χ0v) is 17.4. The van der Waals surface area contributed by atoms with Gasteiger partial charge in [0.05, 0.1) is 22.8 Å². The Morgan fingerprint density at radius 1 is 1.10 bits per heavy atom. The van der Waals surface area contributed by atoms with Crippen LogP contribution in [0.15, 0.2) is 82.7 Å². The minimum absolute atomic E-state index is 0.123. The van der Waals surface area contributed by atoms with E-state index < -0.39 is 6.04 Å². The van der Waals surface area contributed by atoms with Crippen molar-refractivity contribution in [3.63, 3.8) is 0 Å². The molecule has 1 atom stereocenters. The van der Waals surface area contributed by atoms with Gasteiger partial charge >= 0.3 is 0 Å². The molecule has 7 heteroatoms. The topological polar surface area (TPSA) is 111 Å². The highest BCUT2D eigenvalue weighted by Crippen LogP contribution is 2.27. The summed E-state index contributed by atoms with van der Waals surface area (Å²) in [5.74, 6) is 0.224. The number of pyridine rings is 2. The van der Waals surface area contributed by atoms with E-state index in [0.29, 0.717) is 16.8 Å². The van der Waals surface area contributed by atoms with E-state index in [0.717, 1.165) is 22.5 Å². The maximum absolute atomic E-state index is 13.7. The third kappa shape index (κ3) is 3.73. The van der Waals surface area contributed by atoms with Gasteiger partial charge in [0, 0.05) is 24.6 Å². The summed E-state index contributed by atoms with van der Waals surface area (Å²) in [5, 5.41) is 4.57. The van der Waals surface area contributed by atoms with Gasteiger partial charge in [-0.2, -0.15) is 0 Å². The molecule has 1 unspecified atom stereocenters. The zero-order valence-electron chi connectivity index (χ0n) is 17.4. The highest BCUT2D eigenvalue weighted by Gasteiger charge is 2.18. The lowest BCUT2D eigenvalue weighted by Crippen LogP contribution is -2.25. The Hall–Kier alpha value is -4.13. The van der Waals surface area contributed by atoms with Crippen LogP contribution in [0.25, 0.3) is 16.5 Å². The number of hydrogen-bond donors (Lipinski definition) is 3. The van der Waals surface area contributed by atoms with Gasteiger partial charge in [-0.25, -0.2) is 0 Å². The lowest BCUT2D eigenvalue weighted by Gasteiger charge is -2.19. The first kappa shape index (κ1) is 20.2. The second kappa shape index (κ2) is 8.31. The monoisotopic (exact) mass is 412 g/mol. The second-order valence-corrected chi connectivity index (χ2v) is 7.20. The van der Waals surface area contributed by atoms with Crippen molar-refractivity contribution in [2.75, 3.05) is 18.1 Å². The first-order valence-electron chi connectivity index (χ1n) is 9.97. The molecule has 0 aliphatic carbocycles. The molecule has 5 N–H and O–H groups in total. The number of benzene rings is 2. The van der Waals surface area contributed by atoms with E-state index in [-0.39, 0.29) is 11.4 Å². The summed E-state index contributed by atoms with van der Waals surface area (Å²) in [5.41, 5.74) is 15.2. The van der Waals surface area contributed by atoms with Crippen LogP contribution in [0, 0.1) is 0 Å². The minimum Gasteiger partial charge on any atom is -0.397 e. The molecular weight excluding hydrogens is 388 g/mol. The van der Waals surface area contributed by atoms with Gasteiger partial charge in [-0.05, 0) is 48.7 Å². The van der Waals surface area contributed by atoms with Crippen molar-refractivity contribution in [1.82, 2.24) is 9.55 Å². The number of hydrogen-bond acceptors (Lipinski definition) is 5. The van der Waals surface area contributed by atoms with Crippen molar-refractivity contribution < 1.29 is 0 Å². The SMILES string of the molecule is CNc1cccc2cc(C(C)N=C(N)c3ncccc3N)n(-c3ccccc3)c(=O)c12. The Labute approximate surface area is 180 Å². The van der Waals surface area contributed by atoms with Crippen LogP contribution in [0.1, 0.15) is 24.4 Å². The van der Waals surface area contributed by atoms with Crippen molar-refractivity contribution in [2.24, 2.45) is 10.7 Å². The van der Waals surface area contributed by atoms with Gasteiger partial charge in [-0.1, -0.05) is 30.3 Å². The summed E-state index contributed by atoms with van der Waals surface area (Å²) in [6.07, 6.45) is 1.62. The number of nitrogens with two attached hydrogens (primary N) is 2. The zero-order chi connectivity index (χ0) is 22.0. The minimum atomic E-state index is -0.419. The summed E-state index contributed by atoms with van der Waals surface area (Å²) in [6, 6.07) is 20.3. The van der Waals surface area contributed by atoms with Crippen molar-refractivity contribution in [3.8, 4) is 5.69 Å². The predicted octanol–water partition coefficient (Wildman–Crippen LogP) is 3.48. The molecule has 0 radical (unpaired) electrons. The average molecular weight is 412 g/mol. The second-order valence-electron chi connectivity index (χ2n) is 7.20. The Kier molecular flexibility index (Phi) is 5.41. The fraction of sp³-hybridized carbons (Fsp3) is 0.125. The van der Waals surface area contributed by atoms with Crippen LogP contribution in [0.2, 0.25) is 0 Å². The van der Waals surface area contributed by atoms with Crippen molar-refractivity contribution in [3.05, 3.63) is 94.7 Å². The molecule has 2 aromatic heterocycles. The van der Waals surface area contributed by atoms with E-state index in [1.165, 1.54) is 0 Å². The quantitative estimate of drug-likeness (QED) is 0.343. The normalized spacial score (nSPS) is 12.6. The van der Waals surface area contributed by atoms with E-state index in [4.69, 9.17) is 11.5 Å². The van der Waals surface area contributed by atoms with Gasteiger partial charge < -0.3 is 16.8 Å². The summed E-state index contributed by atoms with van der Waals surface area (Å²) in [6.45, 7) is 1.90. The molecule has 0 saturated carbocycles. The molecule has 0 bridgehead atoms. The van der Waals surface area contributed by atoms with Crippen molar-refractivity contribution in [1.29, 1.82) is 0 Å². The van der Waals surface area contributed by atoms with E-state index in [1.54, 1.807) is 29.9 Å². The van der Waals surface area contributed by atoms with Gasteiger partial charge in [0.25, 0.3) is 5.56 Å². The lowest BCUT2D eigenvalue weighted by atomic mass is 10.1. The van der Waals surface area contributed by atoms with Crippen LogP contribution in [0.5, 0.6) is 0 Å².